The number of hydrogen-bond donors (Lipinski definition) is 2. The molecule has 0 aliphatic carbocycles. The number of carbonyl (C=O) groups excluding carboxylic acids is 1. The van der Waals surface area contributed by atoms with Gasteiger partial charge in [0, 0.05) is 23.5 Å². The minimum absolute atomic E-state index is 0.116. The molecule has 1 aromatic heterocycles. The van der Waals surface area contributed by atoms with Crippen LogP contribution in [-0.4, -0.2) is 28.1 Å². The number of hydrogen-bond acceptors (Lipinski definition) is 4. The van der Waals surface area contributed by atoms with Gasteiger partial charge in [-0.2, -0.15) is 0 Å². The molecule has 1 unspecified atom stereocenters. The maximum atomic E-state index is 11.6. The number of ether oxygens (including phenoxy) is 1. The molecule has 2 heterocycles. The van der Waals surface area contributed by atoms with E-state index < -0.39 is 12.1 Å². The number of halogens is 1. The van der Waals surface area contributed by atoms with Gasteiger partial charge in [0.15, 0.2) is 17.7 Å². The molecular formula is C10H9BrN2O4. The Morgan fingerprint density at radius 2 is 2.41 bits per heavy atom. The van der Waals surface area contributed by atoms with Crippen LogP contribution < -0.4 is 10.1 Å². The number of aliphatic carboxylic acids is 1. The van der Waals surface area contributed by atoms with Crippen molar-refractivity contribution in [3.63, 3.8) is 0 Å². The predicted molar refractivity (Wildman–Crippen MR) is 61.9 cm³/mol. The highest BCUT2D eigenvalue weighted by Crippen LogP contribution is 2.30. The fraction of sp³-hybridized carbons (Fsp3) is 0.300. The number of carbonyl (C=O) groups is 2. The summed E-state index contributed by atoms with van der Waals surface area (Å²) in [4.78, 5) is 26.0. The number of rotatable bonds is 3. The molecule has 1 atom stereocenters. The molecule has 0 spiro atoms. The van der Waals surface area contributed by atoms with E-state index in [4.69, 9.17) is 9.84 Å². The molecule has 2 N–H and O–H groups in total. The lowest BCUT2D eigenvalue weighted by Crippen LogP contribution is -2.37. The van der Waals surface area contributed by atoms with Crippen molar-refractivity contribution in [2.24, 2.45) is 0 Å². The largest absolute Gasteiger partial charge is 0.481 e. The van der Waals surface area contributed by atoms with Crippen LogP contribution in [0.3, 0.4) is 0 Å². The summed E-state index contributed by atoms with van der Waals surface area (Å²) in [5, 5.41) is 11.1. The lowest BCUT2D eigenvalue weighted by molar-refractivity contribution is -0.137. The van der Waals surface area contributed by atoms with Crippen molar-refractivity contribution in [3.8, 4) is 5.75 Å². The average Bonchev–Trinajstić information content (AvgIpc) is 2.26. The maximum absolute atomic E-state index is 11.6. The average molecular weight is 301 g/mol. The van der Waals surface area contributed by atoms with Gasteiger partial charge in [-0.05, 0) is 22.0 Å². The van der Waals surface area contributed by atoms with Gasteiger partial charge in [-0.1, -0.05) is 0 Å². The number of aromatic nitrogens is 1. The van der Waals surface area contributed by atoms with Crippen molar-refractivity contribution in [2.45, 2.75) is 18.9 Å². The summed E-state index contributed by atoms with van der Waals surface area (Å²) < 4.78 is 6.13. The Hall–Kier alpha value is -1.63. The molecule has 7 heteroatoms. The first-order valence-corrected chi connectivity index (χ1v) is 5.70. The standard InChI is InChI=1S/C10H9BrN2O4/c11-5-3-7-9(12-4-5)13-10(16)6(17-7)1-2-8(14)15/h3-4,6H,1-2H2,(H,14,15)(H,12,13,16). The van der Waals surface area contributed by atoms with E-state index in [-0.39, 0.29) is 18.7 Å². The Morgan fingerprint density at radius 1 is 1.65 bits per heavy atom. The Morgan fingerprint density at radius 3 is 3.12 bits per heavy atom. The van der Waals surface area contributed by atoms with Crippen LogP contribution in [0.4, 0.5) is 5.82 Å². The van der Waals surface area contributed by atoms with E-state index in [0.29, 0.717) is 11.6 Å². The van der Waals surface area contributed by atoms with Gasteiger partial charge >= 0.3 is 5.97 Å². The molecule has 0 bridgehead atoms. The van der Waals surface area contributed by atoms with Crippen LogP contribution >= 0.6 is 15.9 Å². The fourth-order valence-electron chi connectivity index (χ4n) is 1.45. The van der Waals surface area contributed by atoms with Crippen molar-refractivity contribution < 1.29 is 19.4 Å². The van der Waals surface area contributed by atoms with Crippen LogP contribution in [-0.2, 0) is 9.59 Å². The van der Waals surface area contributed by atoms with Gasteiger partial charge in [-0.15, -0.1) is 0 Å². The topological polar surface area (TPSA) is 88.5 Å². The quantitative estimate of drug-likeness (QED) is 0.881. The van der Waals surface area contributed by atoms with Crippen molar-refractivity contribution in [1.29, 1.82) is 0 Å². The summed E-state index contributed by atoms with van der Waals surface area (Å²) in [5.41, 5.74) is 0. The summed E-state index contributed by atoms with van der Waals surface area (Å²) in [6.45, 7) is 0. The first-order chi connectivity index (χ1) is 8.06. The highest BCUT2D eigenvalue weighted by molar-refractivity contribution is 9.10. The first kappa shape index (κ1) is 11.8. The van der Waals surface area contributed by atoms with Crippen LogP contribution in [0.25, 0.3) is 0 Å². The molecule has 2 rings (SSSR count). The van der Waals surface area contributed by atoms with E-state index in [1.165, 1.54) is 0 Å². The van der Waals surface area contributed by atoms with E-state index in [9.17, 15) is 9.59 Å². The van der Waals surface area contributed by atoms with Crippen molar-refractivity contribution in [3.05, 3.63) is 16.7 Å². The maximum Gasteiger partial charge on any atom is 0.303 e. The van der Waals surface area contributed by atoms with Gasteiger partial charge in [0.05, 0.1) is 0 Å². The second-order valence-corrected chi connectivity index (χ2v) is 4.44. The highest BCUT2D eigenvalue weighted by Gasteiger charge is 2.28. The molecule has 1 amide bonds. The number of nitrogens with one attached hydrogen (secondary N) is 1. The van der Waals surface area contributed by atoms with Gasteiger partial charge < -0.3 is 15.2 Å². The van der Waals surface area contributed by atoms with Crippen LogP contribution in [0.1, 0.15) is 12.8 Å². The van der Waals surface area contributed by atoms with Gasteiger partial charge in [0.25, 0.3) is 5.91 Å². The predicted octanol–water partition coefficient (Wildman–Crippen LogP) is 1.41. The smallest absolute Gasteiger partial charge is 0.303 e. The van der Waals surface area contributed by atoms with Crippen LogP contribution in [0.15, 0.2) is 16.7 Å². The molecule has 0 saturated carbocycles. The Balaban J connectivity index is 2.14. The molecule has 6 nitrogen and oxygen atoms in total. The summed E-state index contributed by atoms with van der Waals surface area (Å²) in [7, 11) is 0. The number of carboxylic acid groups (broad SMARTS) is 1. The molecule has 1 aliphatic rings. The molecule has 1 aliphatic heterocycles. The third-order valence-electron chi connectivity index (χ3n) is 2.24. The lowest BCUT2D eigenvalue weighted by atomic mass is 10.1. The van der Waals surface area contributed by atoms with E-state index in [1.54, 1.807) is 12.3 Å². The van der Waals surface area contributed by atoms with E-state index in [0.717, 1.165) is 4.47 Å². The summed E-state index contributed by atoms with van der Waals surface area (Å²) >= 11 is 3.24. The Kier molecular flexibility index (Phi) is 3.28. The summed E-state index contributed by atoms with van der Waals surface area (Å²) in [6, 6.07) is 1.68. The third kappa shape index (κ3) is 2.73. The molecule has 17 heavy (non-hydrogen) atoms. The monoisotopic (exact) mass is 300 g/mol. The van der Waals surface area contributed by atoms with Crippen molar-refractivity contribution >= 4 is 33.6 Å². The minimum atomic E-state index is -0.959. The second-order valence-electron chi connectivity index (χ2n) is 3.53. The van der Waals surface area contributed by atoms with Gasteiger partial charge in [0.2, 0.25) is 0 Å². The molecule has 0 saturated heterocycles. The molecular weight excluding hydrogens is 292 g/mol. The summed E-state index contributed by atoms with van der Waals surface area (Å²) in [5.74, 6) is -0.535. The van der Waals surface area contributed by atoms with Gasteiger partial charge in [-0.25, -0.2) is 4.98 Å². The zero-order valence-electron chi connectivity index (χ0n) is 8.64. The lowest BCUT2D eigenvalue weighted by Gasteiger charge is -2.24. The van der Waals surface area contributed by atoms with Crippen LogP contribution in [0.2, 0.25) is 0 Å². The molecule has 90 valence electrons. The Labute approximate surface area is 105 Å². The Bertz CT molecular complexity index is 477. The van der Waals surface area contributed by atoms with E-state index in [2.05, 4.69) is 26.2 Å². The second kappa shape index (κ2) is 4.70. The molecule has 1 aromatic rings. The SMILES string of the molecule is O=C(O)CCC1Oc2cc(Br)cnc2NC1=O. The fourth-order valence-corrected chi connectivity index (χ4v) is 1.76. The zero-order valence-corrected chi connectivity index (χ0v) is 10.2. The van der Waals surface area contributed by atoms with E-state index in [1.807, 2.05) is 0 Å². The highest BCUT2D eigenvalue weighted by atomic mass is 79.9. The molecule has 0 aromatic carbocycles. The number of carboxylic acids is 1. The third-order valence-corrected chi connectivity index (χ3v) is 2.68. The number of nitrogens with zero attached hydrogens (tertiary/aromatic N) is 1. The van der Waals surface area contributed by atoms with Gasteiger partial charge in [0.1, 0.15) is 0 Å². The number of amides is 1. The van der Waals surface area contributed by atoms with Crippen LogP contribution in [0, 0.1) is 0 Å². The minimum Gasteiger partial charge on any atom is -0.481 e. The number of fused-ring (bicyclic) bond motifs is 1. The normalized spacial score (nSPS) is 17.9. The zero-order chi connectivity index (χ0) is 12.4. The van der Waals surface area contributed by atoms with Crippen LogP contribution in [0.5, 0.6) is 5.75 Å². The number of anilines is 1. The van der Waals surface area contributed by atoms with E-state index >= 15 is 0 Å². The van der Waals surface area contributed by atoms with Gasteiger partial charge in [-0.3, -0.25) is 9.59 Å². The van der Waals surface area contributed by atoms with Crippen molar-refractivity contribution in [1.82, 2.24) is 4.98 Å². The first-order valence-electron chi connectivity index (χ1n) is 4.91. The van der Waals surface area contributed by atoms with Crippen molar-refractivity contribution in [2.75, 3.05) is 5.32 Å². The number of pyridine rings is 1. The molecule has 0 radical (unpaired) electrons. The summed E-state index contributed by atoms with van der Waals surface area (Å²) in [6.07, 6.45) is 0.775. The molecule has 0 fully saturated rings.